The van der Waals surface area contributed by atoms with Gasteiger partial charge in [0, 0.05) is 73.0 Å². The van der Waals surface area contributed by atoms with Gasteiger partial charge in [-0.05, 0) is 150 Å². The fourth-order valence-electron chi connectivity index (χ4n) is 17.3. The molecule has 13 rings (SSSR count). The molecule has 0 radical (unpaired) electrons. The van der Waals surface area contributed by atoms with Crippen LogP contribution in [0.15, 0.2) is 146 Å². The van der Waals surface area contributed by atoms with Crippen molar-refractivity contribution >= 4 is 80.0 Å². The number of carbonyl (C=O) groups is 3. The first kappa shape index (κ1) is 71.3. The summed E-state index contributed by atoms with van der Waals surface area (Å²) in [5, 5.41) is 24.5. The van der Waals surface area contributed by atoms with E-state index in [1.807, 2.05) is 97.7 Å². The first-order valence-corrected chi connectivity index (χ1v) is 39.5. The summed E-state index contributed by atoms with van der Waals surface area (Å²) in [6, 6.07) is 45.6. The van der Waals surface area contributed by atoms with Crippen LogP contribution in [0.2, 0.25) is 5.04 Å². The first-order chi connectivity index (χ1) is 47.1. The van der Waals surface area contributed by atoms with E-state index in [4.69, 9.17) is 32.9 Å². The van der Waals surface area contributed by atoms with Crippen LogP contribution in [0.3, 0.4) is 0 Å². The van der Waals surface area contributed by atoms with Crippen molar-refractivity contribution in [1.29, 1.82) is 0 Å². The van der Waals surface area contributed by atoms with Crippen LogP contribution in [0.4, 0.5) is 15.7 Å². The third-order valence-corrected chi connectivity index (χ3v) is 28.3. The van der Waals surface area contributed by atoms with E-state index in [0.717, 1.165) is 65.6 Å². The van der Waals surface area contributed by atoms with Gasteiger partial charge in [0.2, 0.25) is 0 Å². The quantitative estimate of drug-likeness (QED) is 0.0217. The van der Waals surface area contributed by atoms with E-state index in [9.17, 15) is 28.6 Å². The SMILES string of the molecule is Cc1c(-c2ccc(N3CCc4c(OCCNC(=O)OCc5ccccc5)ccc(C(=O)Nc5nc6ccccc6s5)c4C3)nc2C(=O)O)cnn1CC12CC3(C)CC(C)(C1)CC(OCCN(C)CC[SH2](O)(O)OCC(C)(C)CCO[Si](c1ccccc1)(c1ccccc1)C(C)(C)C)(C3)C2. The number of pyridine rings is 1. The Labute approximate surface area is 588 Å². The number of nitrogens with zero attached hydrogens (tertiary/aromatic N) is 6. The topological polar surface area (TPSA) is 232 Å². The molecule has 8 aromatic rings. The minimum absolute atomic E-state index is 0.0649. The first-order valence-electron chi connectivity index (χ1n) is 34.7. The van der Waals surface area contributed by atoms with Crippen LogP contribution in [-0.4, -0.2) is 136 Å². The fraction of sp³-hybridized carbons (Fsp3) is 0.455. The van der Waals surface area contributed by atoms with Gasteiger partial charge < -0.3 is 52.1 Å². The number of carboxylic acids is 1. The summed E-state index contributed by atoms with van der Waals surface area (Å²) >= 11 is 1.39. The zero-order chi connectivity index (χ0) is 70.0. The molecule has 2 atom stereocenters. The number of nitrogens with one attached hydrogen (secondary N) is 2. The van der Waals surface area contributed by atoms with Crippen LogP contribution in [0.1, 0.15) is 137 Å². The summed E-state index contributed by atoms with van der Waals surface area (Å²) < 4.78 is 57.8. The number of rotatable bonds is 29. The van der Waals surface area contributed by atoms with Crippen molar-refractivity contribution in [2.75, 3.05) is 75.6 Å². The van der Waals surface area contributed by atoms with E-state index in [1.54, 1.807) is 18.3 Å². The van der Waals surface area contributed by atoms with Crippen LogP contribution >= 0.6 is 22.2 Å². The number of aromatic nitrogens is 4. The number of thiazole rings is 1. The molecule has 4 saturated carbocycles. The number of para-hydroxylation sites is 1. The standard InChI is InChI=1S/C77H98N8O11S2Si/c1-54-61(59-30-32-66(81-67(59)69(87)88)84-36-33-58-62(44-84)60(68(86)82-70-80-63-27-19-20-28-65(63)97-70)29-31-64(58)92-40-35-78-71(89)93-45-55-21-13-10-14-22-55)43-79-85(54)52-76-47-74(7)46-75(8,48-76)50-77(49-74,51-76)94-41-37-83(9)38-42-98(90,91)95-53-73(5,6)34-39-96-99(72(2,3)4,56-23-15-11-16-24-56)57-25-17-12-18-26-57/h10-32,43,90-91H,33-42,44-53,98H2,1-9H3,(H,78,89)(H,87,88)(H,80,82,86). The third kappa shape index (κ3) is 16.1. The lowest BCUT2D eigenvalue weighted by atomic mass is 9.39. The summed E-state index contributed by atoms with van der Waals surface area (Å²) in [6.07, 6.45) is 8.40. The molecule has 1 aliphatic heterocycles. The summed E-state index contributed by atoms with van der Waals surface area (Å²) in [7, 11) is -4.75. The van der Waals surface area contributed by atoms with Crippen molar-refractivity contribution < 1.29 is 51.4 Å². The van der Waals surface area contributed by atoms with Gasteiger partial charge in [0.05, 0.1) is 41.8 Å². The average Bonchev–Trinajstić information content (AvgIpc) is 0.712. The molecule has 4 fully saturated rings. The Hall–Kier alpha value is -7.51. The molecule has 4 aliphatic carbocycles. The lowest BCUT2D eigenvalue weighted by Gasteiger charge is -2.69. The van der Waals surface area contributed by atoms with Gasteiger partial charge in [0.1, 0.15) is 24.8 Å². The molecule has 2 amide bonds. The molecule has 0 spiro atoms. The van der Waals surface area contributed by atoms with E-state index >= 15 is 0 Å². The Morgan fingerprint density at radius 3 is 2.11 bits per heavy atom. The number of likely N-dealkylation sites (N-methyl/N-ethyl adjacent to an activating group) is 1. The normalized spacial score (nSPS) is 20.8. The number of carbonyl (C=O) groups excluding carboxylic acids is 2. The Morgan fingerprint density at radius 1 is 0.758 bits per heavy atom. The van der Waals surface area contributed by atoms with E-state index in [2.05, 4.69) is 122 Å². The second-order valence-electron chi connectivity index (χ2n) is 30.9. The predicted octanol–water partition coefficient (Wildman–Crippen LogP) is 13.9. The van der Waals surface area contributed by atoms with E-state index in [0.29, 0.717) is 91.2 Å². The Bertz CT molecular complexity index is 4090. The Kier molecular flexibility index (Phi) is 20.8. The Morgan fingerprint density at radius 2 is 1.43 bits per heavy atom. The number of aromatic carboxylic acids is 1. The molecule has 3 aromatic heterocycles. The van der Waals surface area contributed by atoms with Crippen LogP contribution in [0, 0.1) is 28.6 Å². The summed E-state index contributed by atoms with van der Waals surface area (Å²) in [5.41, 5.74) is 4.86. The number of amides is 2. The maximum absolute atomic E-state index is 14.3. The molecule has 528 valence electrons. The number of alkyl carbamates (subject to hydrolysis) is 1. The van der Waals surface area contributed by atoms with Crippen LogP contribution in [0.25, 0.3) is 21.3 Å². The second-order valence-corrected chi connectivity index (χ2v) is 38.5. The zero-order valence-electron chi connectivity index (χ0n) is 58.7. The summed E-state index contributed by atoms with van der Waals surface area (Å²) in [4.78, 5) is 53.9. The number of hydrogen-bond donors (Lipinski definition) is 5. The lowest BCUT2D eigenvalue weighted by Crippen LogP contribution is -2.66. The van der Waals surface area contributed by atoms with Gasteiger partial charge in [-0.2, -0.15) is 5.10 Å². The number of ether oxygens (including phenoxy) is 3. The minimum atomic E-state index is -4.02. The summed E-state index contributed by atoms with van der Waals surface area (Å²) in [5.74, 6) is -0.343. The second kappa shape index (κ2) is 28.8. The number of fused-ring (bicyclic) bond motifs is 2. The number of hydrogen-bond acceptors (Lipinski definition) is 16. The number of anilines is 2. The molecule has 19 nitrogen and oxygen atoms in total. The van der Waals surface area contributed by atoms with Gasteiger partial charge in [-0.3, -0.25) is 14.8 Å². The van der Waals surface area contributed by atoms with Gasteiger partial charge in [-0.25, -0.2) is 19.6 Å². The van der Waals surface area contributed by atoms with E-state index < -0.39 is 31.3 Å². The Balaban J connectivity index is 0.674. The molecule has 4 bridgehead atoms. The molecule has 0 saturated heterocycles. The molecular formula is C77H98N8O11S2Si. The highest BCUT2D eigenvalue weighted by Gasteiger charge is 2.66. The molecule has 5 aromatic carbocycles. The van der Waals surface area contributed by atoms with Gasteiger partial charge >= 0.3 is 12.1 Å². The molecule has 99 heavy (non-hydrogen) atoms. The van der Waals surface area contributed by atoms with Crippen LogP contribution in [0.5, 0.6) is 5.75 Å². The number of benzene rings is 5. The maximum atomic E-state index is 14.3. The van der Waals surface area contributed by atoms with Crippen molar-refractivity contribution in [3.05, 3.63) is 179 Å². The van der Waals surface area contributed by atoms with E-state index in [1.165, 1.54) is 21.7 Å². The van der Waals surface area contributed by atoms with Crippen molar-refractivity contribution in [1.82, 2.24) is 30.0 Å². The highest BCUT2D eigenvalue weighted by molar-refractivity contribution is 8.20. The molecule has 5 aliphatic rings. The maximum Gasteiger partial charge on any atom is 0.407 e. The van der Waals surface area contributed by atoms with E-state index in [-0.39, 0.29) is 82.6 Å². The predicted molar refractivity (Wildman–Crippen MR) is 397 cm³/mol. The lowest BCUT2D eigenvalue weighted by molar-refractivity contribution is -0.248. The van der Waals surface area contributed by atoms with Crippen LogP contribution < -0.4 is 30.6 Å². The van der Waals surface area contributed by atoms with Gasteiger partial charge in [-0.15, -0.1) is 0 Å². The molecule has 5 N–H and O–H groups in total. The molecular weight excluding hydrogens is 1310 g/mol. The molecule has 22 heteroatoms. The molecule has 2 unspecified atom stereocenters. The van der Waals surface area contributed by atoms with Crippen LogP contribution in [-0.2, 0) is 44.2 Å². The zero-order valence-corrected chi connectivity index (χ0v) is 61.5. The average molecular weight is 1400 g/mol. The van der Waals surface area contributed by atoms with Gasteiger partial charge in [-0.1, -0.05) is 174 Å². The smallest absolute Gasteiger partial charge is 0.407 e. The molecule has 4 heterocycles. The highest BCUT2D eigenvalue weighted by Crippen LogP contribution is 2.72. The highest BCUT2D eigenvalue weighted by atomic mass is 32.3. The minimum Gasteiger partial charge on any atom is -0.491 e. The fourth-order valence-corrected chi connectivity index (χ4v) is 24.1. The third-order valence-electron chi connectivity index (χ3n) is 20.8. The van der Waals surface area contributed by atoms with Crippen molar-refractivity contribution in [2.24, 2.45) is 21.7 Å². The number of carboxylic acid groups (broad SMARTS) is 1. The van der Waals surface area contributed by atoms with Gasteiger partial charge in [0.25, 0.3) is 14.2 Å². The van der Waals surface area contributed by atoms with Gasteiger partial charge in [0.15, 0.2) is 10.8 Å². The van der Waals surface area contributed by atoms with Crippen molar-refractivity contribution in [2.45, 2.75) is 137 Å². The van der Waals surface area contributed by atoms with Crippen molar-refractivity contribution in [3.8, 4) is 16.9 Å². The van der Waals surface area contributed by atoms with Crippen molar-refractivity contribution in [3.63, 3.8) is 0 Å². The monoisotopic (exact) mass is 1400 g/mol. The largest absolute Gasteiger partial charge is 0.491 e. The summed E-state index contributed by atoms with van der Waals surface area (Å²) in [6.45, 7) is 22.0.